The smallest absolute Gasteiger partial charge is 0.410 e. The number of nitrogens with zero attached hydrogens (tertiary/aromatic N) is 3. The zero-order chi connectivity index (χ0) is 30.1. The summed E-state index contributed by atoms with van der Waals surface area (Å²) in [5, 5.41) is 2.98. The second-order valence-electron chi connectivity index (χ2n) is 12.1. The van der Waals surface area contributed by atoms with E-state index in [-0.39, 0.29) is 17.8 Å². The van der Waals surface area contributed by atoms with Crippen molar-refractivity contribution in [3.8, 4) is 11.5 Å². The van der Waals surface area contributed by atoms with Crippen LogP contribution in [0.15, 0.2) is 72.2 Å². The molecule has 1 fully saturated rings. The second kappa shape index (κ2) is 11.8. The Kier molecular flexibility index (Phi) is 7.92. The van der Waals surface area contributed by atoms with Crippen LogP contribution in [0.4, 0.5) is 4.79 Å². The lowest BCUT2D eigenvalue weighted by Gasteiger charge is -2.24. The molecule has 5 aromatic rings. The molecule has 0 bridgehead atoms. The molecule has 0 unspecified atom stereocenters. The Balaban J connectivity index is 1.06. The molecular formula is C34H37N3O5S. The first-order chi connectivity index (χ1) is 20.7. The Morgan fingerprint density at radius 3 is 2.56 bits per heavy atom. The van der Waals surface area contributed by atoms with Crippen molar-refractivity contribution >= 4 is 44.3 Å². The van der Waals surface area contributed by atoms with Crippen molar-refractivity contribution in [2.45, 2.75) is 39.3 Å². The number of benzene rings is 2. The Bertz CT molecular complexity index is 1780. The van der Waals surface area contributed by atoms with Crippen molar-refractivity contribution in [2.24, 2.45) is 13.0 Å². The van der Waals surface area contributed by atoms with Crippen molar-refractivity contribution in [3.05, 3.63) is 83.5 Å². The minimum Gasteiger partial charge on any atom is -0.493 e. The highest BCUT2D eigenvalue weighted by atomic mass is 32.1. The van der Waals surface area contributed by atoms with E-state index in [9.17, 15) is 9.59 Å². The summed E-state index contributed by atoms with van der Waals surface area (Å²) in [6.45, 7) is 8.48. The Morgan fingerprint density at radius 2 is 1.77 bits per heavy atom. The molecule has 0 radical (unpaired) electrons. The molecule has 3 aromatic heterocycles. The lowest BCUT2D eigenvalue weighted by Crippen LogP contribution is -2.35. The third kappa shape index (κ3) is 6.27. The van der Waals surface area contributed by atoms with Gasteiger partial charge >= 0.3 is 6.09 Å². The molecule has 0 spiro atoms. The predicted octanol–water partition coefficient (Wildman–Crippen LogP) is 7.14. The fourth-order valence-electron chi connectivity index (χ4n) is 5.61. The molecule has 224 valence electrons. The second-order valence-corrected chi connectivity index (χ2v) is 13.0. The first-order valence-corrected chi connectivity index (χ1v) is 15.5. The number of aryl methyl sites for hydroxylation is 1. The maximum atomic E-state index is 13.7. The SMILES string of the molecule is Cn1c(C(=O)c2cn(CCOc3cccc(OC[C@@H]4CCN(C(=O)OC(C)(C)C)C4)c3)c3ccccc23)cc2sccc21. The monoisotopic (exact) mass is 599 g/mol. The van der Waals surface area contributed by atoms with E-state index in [4.69, 9.17) is 14.2 Å². The van der Waals surface area contributed by atoms with Crippen molar-refractivity contribution < 1.29 is 23.8 Å². The number of carbonyl (C=O) groups is 2. The largest absolute Gasteiger partial charge is 0.493 e. The van der Waals surface area contributed by atoms with Crippen LogP contribution in [0.1, 0.15) is 43.2 Å². The summed E-state index contributed by atoms with van der Waals surface area (Å²) in [5.41, 5.74) is 2.95. The molecule has 1 amide bonds. The number of hydrogen-bond acceptors (Lipinski definition) is 6. The summed E-state index contributed by atoms with van der Waals surface area (Å²) >= 11 is 1.64. The van der Waals surface area contributed by atoms with Gasteiger partial charge in [0.15, 0.2) is 0 Å². The molecule has 2 aromatic carbocycles. The van der Waals surface area contributed by atoms with Crippen LogP contribution in [0.25, 0.3) is 21.1 Å². The third-order valence-corrected chi connectivity index (χ3v) is 8.61. The Morgan fingerprint density at radius 1 is 0.977 bits per heavy atom. The molecule has 1 aliphatic heterocycles. The van der Waals surface area contributed by atoms with Gasteiger partial charge in [0, 0.05) is 54.8 Å². The number of carbonyl (C=O) groups excluding carboxylic acids is 2. The molecule has 0 saturated carbocycles. The molecule has 8 nitrogen and oxygen atoms in total. The number of thiophene rings is 1. The molecule has 0 N–H and O–H groups in total. The zero-order valence-electron chi connectivity index (χ0n) is 25.0. The summed E-state index contributed by atoms with van der Waals surface area (Å²) < 4.78 is 22.9. The van der Waals surface area contributed by atoms with E-state index >= 15 is 0 Å². The van der Waals surface area contributed by atoms with Crippen molar-refractivity contribution in [1.29, 1.82) is 0 Å². The molecular weight excluding hydrogens is 562 g/mol. The lowest BCUT2D eigenvalue weighted by molar-refractivity contribution is 0.0284. The summed E-state index contributed by atoms with van der Waals surface area (Å²) in [6, 6.07) is 19.7. The number of rotatable bonds is 9. The highest BCUT2D eigenvalue weighted by molar-refractivity contribution is 7.17. The average molecular weight is 600 g/mol. The minimum absolute atomic E-state index is 0.0168. The summed E-state index contributed by atoms with van der Waals surface area (Å²) in [4.78, 5) is 27.8. The summed E-state index contributed by atoms with van der Waals surface area (Å²) in [7, 11) is 1.94. The van der Waals surface area contributed by atoms with Gasteiger partial charge < -0.3 is 28.2 Å². The van der Waals surface area contributed by atoms with Crippen molar-refractivity contribution in [2.75, 3.05) is 26.3 Å². The number of hydrogen-bond donors (Lipinski definition) is 0. The van der Waals surface area contributed by atoms with Gasteiger partial charge in [-0.15, -0.1) is 11.3 Å². The molecule has 0 aliphatic carbocycles. The number of amides is 1. The molecule has 6 rings (SSSR count). The standard InChI is InChI=1S/C34H37N3O5S/c1-34(2,3)42-33(39)37-14-12-23(20-37)22-41-25-9-7-8-24(18-25)40-16-15-36-21-27(26-10-5-6-11-28(26)36)32(38)30-19-31-29(35(30)4)13-17-43-31/h5-11,13,17-19,21,23H,12,14-16,20,22H2,1-4H3/t23-/m1/s1. The van der Waals surface area contributed by atoms with Gasteiger partial charge in [-0.3, -0.25) is 4.79 Å². The fraction of sp³-hybridized carbons (Fsp3) is 0.353. The van der Waals surface area contributed by atoms with E-state index in [2.05, 4.69) is 4.57 Å². The number of para-hydroxylation sites is 1. The topological polar surface area (TPSA) is 74.9 Å². The van der Waals surface area contributed by atoms with Crippen LogP contribution in [0, 0.1) is 5.92 Å². The highest BCUT2D eigenvalue weighted by Crippen LogP contribution is 2.29. The van der Waals surface area contributed by atoms with Crippen LogP contribution in [0.2, 0.25) is 0 Å². The number of fused-ring (bicyclic) bond motifs is 2. The third-order valence-electron chi connectivity index (χ3n) is 7.76. The van der Waals surface area contributed by atoms with Crippen LogP contribution < -0.4 is 9.47 Å². The van der Waals surface area contributed by atoms with Gasteiger partial charge in [-0.05, 0) is 62.9 Å². The van der Waals surface area contributed by atoms with Gasteiger partial charge in [-0.2, -0.15) is 0 Å². The van der Waals surface area contributed by atoms with Crippen LogP contribution in [-0.4, -0.2) is 57.8 Å². The first-order valence-electron chi connectivity index (χ1n) is 14.7. The highest BCUT2D eigenvalue weighted by Gasteiger charge is 2.30. The van der Waals surface area contributed by atoms with Gasteiger partial charge in [0.1, 0.15) is 23.7 Å². The number of ether oxygens (including phenoxy) is 3. The predicted molar refractivity (Wildman–Crippen MR) is 170 cm³/mol. The molecule has 4 heterocycles. The first kappa shape index (κ1) is 28.9. The average Bonchev–Trinajstić information content (AvgIpc) is 3.76. The Hall–Kier alpha value is -4.24. The normalized spacial score (nSPS) is 15.3. The van der Waals surface area contributed by atoms with E-state index in [1.54, 1.807) is 16.2 Å². The quantitative estimate of drug-likeness (QED) is 0.168. The number of likely N-dealkylation sites (tertiary alicyclic amines) is 1. The van der Waals surface area contributed by atoms with Crippen LogP contribution in [0.3, 0.4) is 0 Å². The fourth-order valence-corrected chi connectivity index (χ4v) is 6.46. The number of ketones is 1. The van der Waals surface area contributed by atoms with E-state index in [1.807, 2.05) is 105 Å². The van der Waals surface area contributed by atoms with Gasteiger partial charge in [0.05, 0.1) is 29.1 Å². The maximum absolute atomic E-state index is 13.7. The van der Waals surface area contributed by atoms with Gasteiger partial charge in [-0.1, -0.05) is 24.3 Å². The van der Waals surface area contributed by atoms with E-state index < -0.39 is 5.60 Å². The summed E-state index contributed by atoms with van der Waals surface area (Å²) in [6.07, 6.45) is 2.56. The molecule has 43 heavy (non-hydrogen) atoms. The van der Waals surface area contributed by atoms with Crippen molar-refractivity contribution in [1.82, 2.24) is 14.0 Å². The van der Waals surface area contributed by atoms with Gasteiger partial charge in [-0.25, -0.2) is 4.79 Å². The minimum atomic E-state index is -0.500. The van der Waals surface area contributed by atoms with E-state index in [0.717, 1.165) is 39.0 Å². The molecule has 1 aliphatic rings. The van der Waals surface area contributed by atoms with Gasteiger partial charge in [0.25, 0.3) is 0 Å². The number of aromatic nitrogens is 2. The van der Waals surface area contributed by atoms with E-state index in [0.29, 0.717) is 44.1 Å². The van der Waals surface area contributed by atoms with Gasteiger partial charge in [0.2, 0.25) is 5.78 Å². The van der Waals surface area contributed by atoms with Crippen molar-refractivity contribution in [3.63, 3.8) is 0 Å². The van der Waals surface area contributed by atoms with Crippen LogP contribution >= 0.6 is 11.3 Å². The van der Waals surface area contributed by atoms with Crippen LogP contribution in [0.5, 0.6) is 11.5 Å². The molecule has 9 heteroatoms. The molecule has 1 atom stereocenters. The molecule has 1 saturated heterocycles. The maximum Gasteiger partial charge on any atom is 0.410 e. The lowest BCUT2D eigenvalue weighted by atomic mass is 10.1. The van der Waals surface area contributed by atoms with E-state index in [1.165, 1.54) is 0 Å². The summed E-state index contributed by atoms with van der Waals surface area (Å²) in [5.74, 6) is 1.72. The van der Waals surface area contributed by atoms with Crippen LogP contribution in [-0.2, 0) is 18.3 Å². The zero-order valence-corrected chi connectivity index (χ0v) is 25.9. The Labute approximate surface area is 255 Å².